The van der Waals surface area contributed by atoms with Crippen molar-refractivity contribution in [3.63, 3.8) is 0 Å². The van der Waals surface area contributed by atoms with Crippen LogP contribution in [-0.4, -0.2) is 49.3 Å². The first-order valence-electron chi connectivity index (χ1n) is 8.38. The van der Waals surface area contributed by atoms with Gasteiger partial charge < -0.3 is 18.9 Å². The third-order valence-electron chi connectivity index (χ3n) is 2.89. The van der Waals surface area contributed by atoms with Gasteiger partial charge in [-0.1, -0.05) is 0 Å². The van der Waals surface area contributed by atoms with Crippen LogP contribution in [0.2, 0.25) is 0 Å². The molecule has 0 aromatic rings. The number of rotatable bonds is 10. The van der Waals surface area contributed by atoms with E-state index in [1.165, 1.54) is 0 Å². The quantitative estimate of drug-likeness (QED) is 0.329. The van der Waals surface area contributed by atoms with Crippen LogP contribution in [-0.2, 0) is 38.1 Å². The Hall–Kier alpha value is -2.12. The van der Waals surface area contributed by atoms with E-state index in [-0.39, 0.29) is 13.2 Å². The Balaban J connectivity index is 5.48. The van der Waals surface area contributed by atoms with Gasteiger partial charge in [0.1, 0.15) is 0 Å². The van der Waals surface area contributed by atoms with Gasteiger partial charge >= 0.3 is 23.9 Å². The van der Waals surface area contributed by atoms with Gasteiger partial charge in [-0.15, -0.1) is 0 Å². The Labute approximate surface area is 148 Å². The van der Waals surface area contributed by atoms with Gasteiger partial charge in [0.2, 0.25) is 0 Å². The zero-order valence-corrected chi connectivity index (χ0v) is 15.7. The minimum atomic E-state index is -1.43. The molecule has 8 nitrogen and oxygen atoms in total. The van der Waals surface area contributed by atoms with Crippen molar-refractivity contribution >= 4 is 23.9 Å². The highest BCUT2D eigenvalue weighted by Gasteiger charge is 2.40. The lowest BCUT2D eigenvalue weighted by Crippen LogP contribution is -2.37. The van der Waals surface area contributed by atoms with Gasteiger partial charge in [-0.25, -0.2) is 0 Å². The molecule has 144 valence electrons. The number of hydrogen-bond acceptors (Lipinski definition) is 8. The van der Waals surface area contributed by atoms with Crippen LogP contribution in [0.1, 0.15) is 48.0 Å². The summed E-state index contributed by atoms with van der Waals surface area (Å²) in [5.74, 6) is -6.28. The monoisotopic (exact) mass is 360 g/mol. The minimum absolute atomic E-state index is 0.0479. The summed E-state index contributed by atoms with van der Waals surface area (Å²) in [6, 6.07) is 0. The van der Waals surface area contributed by atoms with E-state index in [0.29, 0.717) is 0 Å². The Morgan fingerprint density at radius 2 is 0.960 bits per heavy atom. The van der Waals surface area contributed by atoms with E-state index >= 15 is 0 Å². The fourth-order valence-corrected chi connectivity index (χ4v) is 1.93. The van der Waals surface area contributed by atoms with Gasteiger partial charge in [0.25, 0.3) is 0 Å². The number of carbonyl (C=O) groups excluding carboxylic acids is 4. The molecule has 0 aromatic carbocycles. The van der Waals surface area contributed by atoms with Crippen LogP contribution in [0, 0.1) is 11.8 Å². The summed E-state index contributed by atoms with van der Waals surface area (Å²) in [7, 11) is 0. The van der Waals surface area contributed by atoms with Crippen LogP contribution >= 0.6 is 0 Å². The molecule has 0 aliphatic carbocycles. The van der Waals surface area contributed by atoms with Crippen molar-refractivity contribution in [2.75, 3.05) is 13.2 Å². The molecule has 0 spiro atoms. The summed E-state index contributed by atoms with van der Waals surface area (Å²) in [5.41, 5.74) is 0. The number of ether oxygens (including phenoxy) is 4. The highest BCUT2D eigenvalue weighted by molar-refractivity contribution is 5.99. The molecular weight excluding hydrogens is 332 g/mol. The lowest BCUT2D eigenvalue weighted by molar-refractivity contribution is -0.170. The second-order valence-electron chi connectivity index (χ2n) is 5.82. The van der Waals surface area contributed by atoms with Crippen molar-refractivity contribution in [2.45, 2.75) is 60.2 Å². The Kier molecular flexibility index (Phi) is 10.5. The van der Waals surface area contributed by atoms with Crippen molar-refractivity contribution in [3.8, 4) is 0 Å². The molecule has 0 radical (unpaired) electrons. The summed E-state index contributed by atoms with van der Waals surface area (Å²) < 4.78 is 19.8. The van der Waals surface area contributed by atoms with Crippen LogP contribution in [0.3, 0.4) is 0 Å². The normalized spacial score (nSPS) is 11.0. The molecule has 0 amide bonds. The second kappa shape index (κ2) is 11.4. The maximum atomic E-state index is 12.2. The molecule has 0 aliphatic heterocycles. The second-order valence-corrected chi connectivity index (χ2v) is 5.82. The molecule has 0 heterocycles. The first kappa shape index (κ1) is 22.9. The largest absolute Gasteiger partial charge is 0.465 e. The molecular formula is C17H28O8. The van der Waals surface area contributed by atoms with E-state index in [0.717, 1.165) is 0 Å². The maximum Gasteiger partial charge on any atom is 0.320 e. The molecule has 0 N–H and O–H groups in total. The summed E-state index contributed by atoms with van der Waals surface area (Å²) >= 11 is 0. The fourth-order valence-electron chi connectivity index (χ4n) is 1.93. The zero-order valence-electron chi connectivity index (χ0n) is 15.7. The van der Waals surface area contributed by atoms with E-state index in [1.807, 2.05) is 0 Å². The Morgan fingerprint density at radius 1 is 0.640 bits per heavy atom. The highest BCUT2D eigenvalue weighted by atomic mass is 16.6. The number of carbonyl (C=O) groups is 4. The van der Waals surface area contributed by atoms with Crippen molar-refractivity contribution in [3.05, 3.63) is 0 Å². The van der Waals surface area contributed by atoms with Crippen molar-refractivity contribution < 1.29 is 38.1 Å². The summed E-state index contributed by atoms with van der Waals surface area (Å²) in [6.45, 7) is 9.75. The lowest BCUT2D eigenvalue weighted by Gasteiger charge is -2.21. The Bertz CT molecular complexity index is 429. The predicted molar refractivity (Wildman–Crippen MR) is 87.3 cm³/mol. The van der Waals surface area contributed by atoms with Gasteiger partial charge in [0.05, 0.1) is 25.4 Å². The smallest absolute Gasteiger partial charge is 0.320 e. The molecule has 0 bridgehead atoms. The highest BCUT2D eigenvalue weighted by Crippen LogP contribution is 2.20. The van der Waals surface area contributed by atoms with Crippen molar-refractivity contribution in [1.29, 1.82) is 0 Å². The number of hydrogen-bond donors (Lipinski definition) is 0. The van der Waals surface area contributed by atoms with Gasteiger partial charge in [0, 0.05) is 0 Å². The maximum absolute atomic E-state index is 12.2. The van der Waals surface area contributed by atoms with Crippen LogP contribution in [0.15, 0.2) is 0 Å². The first-order chi connectivity index (χ1) is 11.6. The minimum Gasteiger partial charge on any atom is -0.465 e. The van der Waals surface area contributed by atoms with Crippen molar-refractivity contribution in [2.24, 2.45) is 11.8 Å². The summed E-state index contributed by atoms with van der Waals surface area (Å²) in [4.78, 5) is 48.6. The lowest BCUT2D eigenvalue weighted by atomic mass is 9.94. The molecule has 0 rings (SSSR count). The van der Waals surface area contributed by atoms with Gasteiger partial charge in [-0.05, 0) is 48.0 Å². The van der Waals surface area contributed by atoms with Crippen LogP contribution in [0.4, 0.5) is 0 Å². The SMILES string of the molecule is CCOC(=O)C(CC(C(=O)OC(C)C)C(=O)OC(C)C)C(=O)OCC. The van der Waals surface area contributed by atoms with Gasteiger partial charge in [-0.2, -0.15) is 0 Å². The van der Waals surface area contributed by atoms with E-state index in [9.17, 15) is 19.2 Å². The molecule has 0 fully saturated rings. The fraction of sp³-hybridized carbons (Fsp3) is 0.765. The standard InChI is InChI=1S/C17H28O8/c1-7-22-14(18)12(15(19)23-8-2)9-13(16(20)24-10(3)4)17(21)25-11(5)6/h10-13H,7-9H2,1-6H3. The molecule has 0 unspecified atom stereocenters. The van der Waals surface area contributed by atoms with Crippen molar-refractivity contribution in [1.82, 2.24) is 0 Å². The van der Waals surface area contributed by atoms with Gasteiger partial charge in [-0.3, -0.25) is 19.2 Å². The van der Waals surface area contributed by atoms with E-state index < -0.39 is 54.3 Å². The number of esters is 4. The molecule has 0 saturated heterocycles. The van der Waals surface area contributed by atoms with Crippen LogP contribution in [0.25, 0.3) is 0 Å². The first-order valence-corrected chi connectivity index (χ1v) is 8.38. The average Bonchev–Trinajstić information content (AvgIpc) is 2.46. The molecule has 0 aromatic heterocycles. The summed E-state index contributed by atoms with van der Waals surface area (Å²) in [6.07, 6.45) is -1.37. The van der Waals surface area contributed by atoms with E-state index in [1.54, 1.807) is 41.5 Å². The van der Waals surface area contributed by atoms with E-state index in [2.05, 4.69) is 0 Å². The predicted octanol–water partition coefficient (Wildman–Crippen LogP) is 1.64. The topological polar surface area (TPSA) is 105 Å². The summed E-state index contributed by atoms with van der Waals surface area (Å²) in [5, 5.41) is 0. The van der Waals surface area contributed by atoms with Crippen LogP contribution < -0.4 is 0 Å². The molecule has 0 saturated carbocycles. The zero-order chi connectivity index (χ0) is 19.6. The molecule has 25 heavy (non-hydrogen) atoms. The molecule has 8 heteroatoms. The third kappa shape index (κ3) is 8.51. The third-order valence-corrected chi connectivity index (χ3v) is 2.89. The molecule has 0 aliphatic rings. The van der Waals surface area contributed by atoms with E-state index in [4.69, 9.17) is 18.9 Å². The van der Waals surface area contributed by atoms with Crippen LogP contribution in [0.5, 0.6) is 0 Å². The molecule has 0 atom stereocenters. The average molecular weight is 360 g/mol. The van der Waals surface area contributed by atoms with Gasteiger partial charge in [0.15, 0.2) is 11.8 Å². The Morgan fingerprint density at radius 3 is 1.24 bits per heavy atom.